The third kappa shape index (κ3) is 3.57. The minimum atomic E-state index is -4.04. The van der Waals surface area contributed by atoms with Gasteiger partial charge in [-0.3, -0.25) is 0 Å². The molecule has 0 amide bonds. The number of halogens is 3. The third-order valence-electron chi connectivity index (χ3n) is 3.38. The van der Waals surface area contributed by atoms with Crippen LogP contribution in [0.2, 0.25) is 15.1 Å². The number of sulfone groups is 1. The SMILES string of the molecule is CCOC(=O)C1Oc2cc(Cl)c(S(=O)(=O)c3cc(Cl)cc(Cl)c3)cc2O1. The zero-order valence-electron chi connectivity index (χ0n) is 13.2. The molecular formula is C16H11Cl3O6S. The first-order valence-corrected chi connectivity index (χ1v) is 9.88. The van der Waals surface area contributed by atoms with Crippen molar-refractivity contribution >= 4 is 50.6 Å². The summed E-state index contributed by atoms with van der Waals surface area (Å²) in [4.78, 5) is 11.4. The first-order valence-electron chi connectivity index (χ1n) is 7.27. The first kappa shape index (κ1) is 19.1. The molecule has 0 saturated heterocycles. The molecule has 0 bridgehead atoms. The first-order chi connectivity index (χ1) is 12.2. The van der Waals surface area contributed by atoms with Crippen LogP contribution in [0, 0.1) is 0 Å². The van der Waals surface area contributed by atoms with Gasteiger partial charge in [0.15, 0.2) is 11.5 Å². The number of carbonyl (C=O) groups excluding carboxylic acids is 1. The predicted octanol–water partition coefficient (Wildman–Crippen LogP) is 4.14. The van der Waals surface area contributed by atoms with E-state index < -0.39 is 22.1 Å². The van der Waals surface area contributed by atoms with Crippen LogP contribution in [0.3, 0.4) is 0 Å². The van der Waals surface area contributed by atoms with E-state index in [2.05, 4.69) is 0 Å². The molecule has 10 heteroatoms. The highest BCUT2D eigenvalue weighted by Crippen LogP contribution is 2.42. The summed E-state index contributed by atoms with van der Waals surface area (Å²) < 4.78 is 41.2. The van der Waals surface area contributed by atoms with Crippen LogP contribution in [0.4, 0.5) is 0 Å². The number of hydrogen-bond acceptors (Lipinski definition) is 6. The Bertz CT molecular complexity index is 969. The number of carbonyl (C=O) groups is 1. The highest BCUT2D eigenvalue weighted by atomic mass is 35.5. The zero-order valence-corrected chi connectivity index (χ0v) is 16.2. The van der Waals surface area contributed by atoms with Crippen LogP contribution in [-0.2, 0) is 19.4 Å². The molecule has 2 aromatic rings. The molecule has 0 fully saturated rings. The van der Waals surface area contributed by atoms with Gasteiger partial charge < -0.3 is 14.2 Å². The number of fused-ring (bicyclic) bond motifs is 1. The number of hydrogen-bond donors (Lipinski definition) is 0. The van der Waals surface area contributed by atoms with Gasteiger partial charge in [0, 0.05) is 22.2 Å². The molecule has 1 atom stereocenters. The van der Waals surface area contributed by atoms with Gasteiger partial charge in [-0.2, -0.15) is 0 Å². The van der Waals surface area contributed by atoms with Crippen molar-refractivity contribution in [2.45, 2.75) is 23.0 Å². The Kier molecular flexibility index (Phi) is 5.25. The van der Waals surface area contributed by atoms with E-state index in [0.717, 1.165) is 0 Å². The number of benzene rings is 2. The smallest absolute Gasteiger partial charge is 0.389 e. The molecule has 1 aliphatic rings. The van der Waals surface area contributed by atoms with E-state index in [1.807, 2.05) is 0 Å². The fourth-order valence-corrected chi connectivity index (χ4v) is 4.79. The van der Waals surface area contributed by atoms with Crippen LogP contribution in [0.15, 0.2) is 40.1 Å². The number of esters is 1. The molecule has 1 aliphatic heterocycles. The quantitative estimate of drug-likeness (QED) is 0.669. The zero-order chi connectivity index (χ0) is 19.1. The highest BCUT2D eigenvalue weighted by molar-refractivity contribution is 7.91. The second-order valence-electron chi connectivity index (χ2n) is 5.16. The standard InChI is InChI=1S/C16H11Cl3O6S/c1-2-23-15(20)16-24-12-6-11(19)14(7-13(12)25-16)26(21,22)10-4-8(17)3-9(18)5-10/h3-7,16H,2H2,1H3. The Morgan fingerprint density at radius 2 is 1.62 bits per heavy atom. The molecule has 1 unspecified atom stereocenters. The van der Waals surface area contributed by atoms with E-state index in [9.17, 15) is 13.2 Å². The van der Waals surface area contributed by atoms with Crippen LogP contribution in [0.1, 0.15) is 6.92 Å². The van der Waals surface area contributed by atoms with Crippen molar-refractivity contribution in [3.05, 3.63) is 45.4 Å². The lowest BCUT2D eigenvalue weighted by Gasteiger charge is -2.09. The summed E-state index contributed by atoms with van der Waals surface area (Å²) in [6.45, 7) is 1.78. The van der Waals surface area contributed by atoms with Crippen LogP contribution < -0.4 is 9.47 Å². The fourth-order valence-electron chi connectivity index (χ4n) is 2.28. The Morgan fingerprint density at radius 1 is 1.04 bits per heavy atom. The lowest BCUT2D eigenvalue weighted by atomic mass is 10.3. The average molecular weight is 438 g/mol. The molecule has 138 valence electrons. The van der Waals surface area contributed by atoms with E-state index in [0.29, 0.717) is 0 Å². The average Bonchev–Trinajstić information content (AvgIpc) is 2.96. The van der Waals surface area contributed by atoms with Gasteiger partial charge in [0.1, 0.15) is 0 Å². The summed E-state index contributed by atoms with van der Waals surface area (Å²) in [6, 6.07) is 6.36. The largest absolute Gasteiger partial charge is 0.460 e. The Hall–Kier alpha value is -1.67. The van der Waals surface area contributed by atoms with Crippen molar-refractivity contribution in [1.29, 1.82) is 0 Å². The predicted molar refractivity (Wildman–Crippen MR) is 95.0 cm³/mol. The van der Waals surface area contributed by atoms with Crippen LogP contribution in [-0.4, -0.2) is 27.3 Å². The third-order valence-corrected chi connectivity index (χ3v) is 6.02. The summed E-state index contributed by atoms with van der Waals surface area (Å²) in [5.41, 5.74) is 0. The molecule has 0 N–H and O–H groups in total. The minimum Gasteiger partial charge on any atom is -0.460 e. The lowest BCUT2D eigenvalue weighted by molar-refractivity contribution is -0.161. The van der Waals surface area contributed by atoms with Gasteiger partial charge in [0.25, 0.3) is 0 Å². The molecule has 6 nitrogen and oxygen atoms in total. The molecule has 0 aromatic heterocycles. The van der Waals surface area contributed by atoms with Gasteiger partial charge in [0.05, 0.1) is 21.4 Å². The monoisotopic (exact) mass is 436 g/mol. The van der Waals surface area contributed by atoms with Gasteiger partial charge in [-0.05, 0) is 25.1 Å². The van der Waals surface area contributed by atoms with Crippen LogP contribution in [0.5, 0.6) is 11.5 Å². The molecule has 3 rings (SSSR count). The van der Waals surface area contributed by atoms with E-state index in [1.54, 1.807) is 6.92 Å². The maximum absolute atomic E-state index is 12.9. The number of ether oxygens (including phenoxy) is 3. The molecule has 2 aromatic carbocycles. The Balaban J connectivity index is 2.01. The molecule has 0 radical (unpaired) electrons. The number of rotatable bonds is 4. The molecular weight excluding hydrogens is 427 g/mol. The van der Waals surface area contributed by atoms with Crippen molar-refractivity contribution in [3.63, 3.8) is 0 Å². The normalized spacial score (nSPS) is 15.8. The molecule has 26 heavy (non-hydrogen) atoms. The lowest BCUT2D eigenvalue weighted by Crippen LogP contribution is -2.30. The van der Waals surface area contributed by atoms with Crippen molar-refractivity contribution in [1.82, 2.24) is 0 Å². The Labute approximate surface area is 164 Å². The van der Waals surface area contributed by atoms with E-state index >= 15 is 0 Å². The van der Waals surface area contributed by atoms with Gasteiger partial charge >= 0.3 is 12.3 Å². The highest BCUT2D eigenvalue weighted by Gasteiger charge is 2.35. The van der Waals surface area contributed by atoms with Crippen LogP contribution >= 0.6 is 34.8 Å². The fraction of sp³-hybridized carbons (Fsp3) is 0.188. The van der Waals surface area contributed by atoms with Crippen molar-refractivity contribution in [3.8, 4) is 11.5 Å². The second kappa shape index (κ2) is 7.15. The summed E-state index contributed by atoms with van der Waals surface area (Å²) in [5, 5.41) is 0.221. The second-order valence-corrected chi connectivity index (χ2v) is 8.36. The minimum absolute atomic E-state index is 0.0548. The van der Waals surface area contributed by atoms with Crippen molar-refractivity contribution in [2.75, 3.05) is 6.61 Å². The van der Waals surface area contributed by atoms with E-state index in [1.165, 1.54) is 30.3 Å². The van der Waals surface area contributed by atoms with Crippen LogP contribution in [0.25, 0.3) is 0 Å². The maximum atomic E-state index is 12.9. The van der Waals surface area contributed by atoms with E-state index in [-0.39, 0.29) is 43.0 Å². The van der Waals surface area contributed by atoms with E-state index in [4.69, 9.17) is 49.0 Å². The van der Waals surface area contributed by atoms with Gasteiger partial charge in [-0.1, -0.05) is 34.8 Å². The summed E-state index contributed by atoms with van der Waals surface area (Å²) in [6.07, 6.45) is -1.32. The Morgan fingerprint density at radius 3 is 2.19 bits per heavy atom. The van der Waals surface area contributed by atoms with Gasteiger partial charge in [-0.15, -0.1) is 0 Å². The molecule has 0 aliphatic carbocycles. The molecule has 0 spiro atoms. The van der Waals surface area contributed by atoms with Crippen molar-refractivity contribution in [2.24, 2.45) is 0 Å². The molecule has 0 saturated carbocycles. The summed E-state index contributed by atoms with van der Waals surface area (Å²) in [5.74, 6) is -0.541. The maximum Gasteiger partial charge on any atom is 0.389 e. The summed E-state index contributed by atoms with van der Waals surface area (Å²) >= 11 is 17.9. The molecule has 1 heterocycles. The van der Waals surface area contributed by atoms with Gasteiger partial charge in [-0.25, -0.2) is 13.2 Å². The summed E-state index contributed by atoms with van der Waals surface area (Å²) in [7, 11) is -4.04. The van der Waals surface area contributed by atoms with Crippen molar-refractivity contribution < 1.29 is 27.4 Å². The topological polar surface area (TPSA) is 78.9 Å². The van der Waals surface area contributed by atoms with Gasteiger partial charge in [0.2, 0.25) is 9.84 Å².